The molecule has 0 aromatic carbocycles. The number of rotatable bonds is 3. The Balaban J connectivity index is 1.77. The molecule has 0 heterocycles. The van der Waals surface area contributed by atoms with Crippen molar-refractivity contribution >= 4 is 11.8 Å². The zero-order valence-corrected chi connectivity index (χ0v) is 12.6. The summed E-state index contributed by atoms with van der Waals surface area (Å²) in [7, 11) is 0. The maximum atomic E-state index is 3.97. The van der Waals surface area contributed by atoms with E-state index in [0.717, 1.165) is 29.2 Å². The lowest BCUT2D eigenvalue weighted by molar-refractivity contribution is 0.182. The van der Waals surface area contributed by atoms with Crippen LogP contribution in [-0.2, 0) is 0 Å². The number of hydrogen-bond acceptors (Lipinski definition) is 2. The zero-order valence-electron chi connectivity index (χ0n) is 11.7. The van der Waals surface area contributed by atoms with Gasteiger partial charge >= 0.3 is 0 Å². The van der Waals surface area contributed by atoms with Gasteiger partial charge in [-0.1, -0.05) is 26.7 Å². The highest BCUT2D eigenvalue weighted by Crippen LogP contribution is 2.32. The Hall–Kier alpha value is 0.310. The van der Waals surface area contributed by atoms with E-state index in [-0.39, 0.29) is 0 Å². The van der Waals surface area contributed by atoms with Gasteiger partial charge in [-0.3, -0.25) is 0 Å². The second-order valence-corrected chi connectivity index (χ2v) is 7.39. The summed E-state index contributed by atoms with van der Waals surface area (Å²) in [4.78, 5) is 0. The standard InChI is InChI=1S/C15H29NS/c1-11-5-4-6-15(12(11)2)16-13-7-9-14(17-3)10-8-13/h11-16H,4-10H2,1-3H3. The molecule has 1 nitrogen and oxygen atoms in total. The van der Waals surface area contributed by atoms with Crippen LogP contribution in [0.2, 0.25) is 0 Å². The quantitative estimate of drug-likeness (QED) is 0.815. The molecule has 17 heavy (non-hydrogen) atoms. The van der Waals surface area contributed by atoms with Crippen LogP contribution in [0, 0.1) is 11.8 Å². The highest BCUT2D eigenvalue weighted by atomic mass is 32.2. The van der Waals surface area contributed by atoms with Crippen molar-refractivity contribution in [1.82, 2.24) is 5.32 Å². The molecule has 0 amide bonds. The molecule has 100 valence electrons. The topological polar surface area (TPSA) is 12.0 Å². The van der Waals surface area contributed by atoms with Gasteiger partial charge in [-0.2, -0.15) is 11.8 Å². The Morgan fingerprint density at radius 1 is 0.941 bits per heavy atom. The first-order valence-corrected chi connectivity index (χ1v) is 8.78. The Bertz CT molecular complexity index is 223. The maximum Gasteiger partial charge on any atom is 0.00978 e. The summed E-state index contributed by atoms with van der Waals surface area (Å²) in [6, 6.07) is 1.62. The molecular formula is C15H29NS. The minimum atomic E-state index is 0.801. The molecule has 1 N–H and O–H groups in total. The van der Waals surface area contributed by atoms with Gasteiger partial charge in [0.1, 0.15) is 0 Å². The lowest BCUT2D eigenvalue weighted by atomic mass is 9.77. The molecule has 0 aliphatic heterocycles. The average Bonchev–Trinajstić information content (AvgIpc) is 2.36. The van der Waals surface area contributed by atoms with Crippen LogP contribution in [-0.4, -0.2) is 23.6 Å². The van der Waals surface area contributed by atoms with Gasteiger partial charge in [-0.25, -0.2) is 0 Å². The summed E-state index contributed by atoms with van der Waals surface area (Å²) in [6.07, 6.45) is 12.2. The predicted octanol–water partition coefficient (Wildman–Crippen LogP) is 4.07. The van der Waals surface area contributed by atoms with Gasteiger partial charge in [-0.05, 0) is 50.2 Å². The summed E-state index contributed by atoms with van der Waals surface area (Å²) in [5.41, 5.74) is 0. The van der Waals surface area contributed by atoms with E-state index < -0.39 is 0 Å². The molecule has 0 spiro atoms. The molecule has 2 aliphatic carbocycles. The fraction of sp³-hybridized carbons (Fsp3) is 1.00. The molecule has 0 saturated heterocycles. The number of hydrogen-bond donors (Lipinski definition) is 1. The van der Waals surface area contributed by atoms with E-state index >= 15 is 0 Å². The van der Waals surface area contributed by atoms with E-state index in [1.54, 1.807) is 0 Å². The minimum absolute atomic E-state index is 0.801. The summed E-state index contributed by atoms with van der Waals surface area (Å²) < 4.78 is 0. The lowest BCUT2D eigenvalue weighted by Gasteiger charge is -2.39. The predicted molar refractivity (Wildman–Crippen MR) is 78.7 cm³/mol. The van der Waals surface area contributed by atoms with Crippen molar-refractivity contribution in [3.05, 3.63) is 0 Å². The average molecular weight is 255 g/mol. The second kappa shape index (κ2) is 6.47. The Morgan fingerprint density at radius 2 is 1.65 bits per heavy atom. The van der Waals surface area contributed by atoms with Crippen LogP contribution in [0.4, 0.5) is 0 Å². The molecule has 0 radical (unpaired) electrons. The molecule has 3 atom stereocenters. The van der Waals surface area contributed by atoms with E-state index in [1.807, 2.05) is 0 Å². The van der Waals surface area contributed by atoms with Crippen molar-refractivity contribution in [2.75, 3.05) is 6.26 Å². The van der Waals surface area contributed by atoms with Gasteiger partial charge in [0.05, 0.1) is 0 Å². The third-order valence-corrected chi connectivity index (χ3v) is 6.30. The third-order valence-electron chi connectivity index (χ3n) is 5.16. The molecule has 2 heteroatoms. The van der Waals surface area contributed by atoms with Gasteiger partial charge in [0.2, 0.25) is 0 Å². The molecule has 2 fully saturated rings. The highest BCUT2D eigenvalue weighted by Gasteiger charge is 2.29. The lowest BCUT2D eigenvalue weighted by Crippen LogP contribution is -2.47. The summed E-state index contributed by atoms with van der Waals surface area (Å²) in [5, 5.41) is 4.91. The van der Waals surface area contributed by atoms with E-state index in [9.17, 15) is 0 Å². The highest BCUT2D eigenvalue weighted by molar-refractivity contribution is 7.99. The van der Waals surface area contributed by atoms with Gasteiger partial charge in [0, 0.05) is 17.3 Å². The van der Waals surface area contributed by atoms with Crippen molar-refractivity contribution in [3.8, 4) is 0 Å². The zero-order chi connectivity index (χ0) is 12.3. The van der Waals surface area contributed by atoms with Crippen LogP contribution < -0.4 is 5.32 Å². The fourth-order valence-electron chi connectivity index (χ4n) is 3.59. The molecule has 0 aromatic heterocycles. The Labute approximate surface area is 112 Å². The molecule has 2 rings (SSSR count). The van der Waals surface area contributed by atoms with Gasteiger partial charge in [0.15, 0.2) is 0 Å². The number of thioether (sulfide) groups is 1. The summed E-state index contributed by atoms with van der Waals surface area (Å²) in [6.45, 7) is 4.89. The first-order chi connectivity index (χ1) is 8.20. The third kappa shape index (κ3) is 3.64. The molecular weight excluding hydrogens is 226 g/mol. The van der Waals surface area contributed by atoms with Crippen molar-refractivity contribution < 1.29 is 0 Å². The smallest absolute Gasteiger partial charge is 0.00978 e. The monoisotopic (exact) mass is 255 g/mol. The van der Waals surface area contributed by atoms with Crippen LogP contribution in [0.3, 0.4) is 0 Å². The van der Waals surface area contributed by atoms with Crippen LogP contribution in [0.15, 0.2) is 0 Å². The normalized spacial score (nSPS) is 43.6. The molecule has 2 aliphatic rings. The SMILES string of the molecule is CSC1CCC(NC2CCCC(C)C2C)CC1. The first kappa shape index (κ1) is 13.7. The summed E-state index contributed by atoms with van der Waals surface area (Å²) in [5.74, 6) is 1.80. The van der Waals surface area contributed by atoms with Crippen molar-refractivity contribution in [2.45, 2.75) is 76.1 Å². The van der Waals surface area contributed by atoms with Crippen LogP contribution in [0.25, 0.3) is 0 Å². The van der Waals surface area contributed by atoms with Crippen molar-refractivity contribution in [3.63, 3.8) is 0 Å². The molecule has 0 aromatic rings. The van der Waals surface area contributed by atoms with Crippen LogP contribution in [0.5, 0.6) is 0 Å². The van der Waals surface area contributed by atoms with Gasteiger partial charge in [0.25, 0.3) is 0 Å². The van der Waals surface area contributed by atoms with Gasteiger partial charge < -0.3 is 5.32 Å². The van der Waals surface area contributed by atoms with Gasteiger partial charge in [-0.15, -0.1) is 0 Å². The van der Waals surface area contributed by atoms with E-state index in [1.165, 1.54) is 44.9 Å². The first-order valence-electron chi connectivity index (χ1n) is 7.49. The van der Waals surface area contributed by atoms with Crippen molar-refractivity contribution in [1.29, 1.82) is 0 Å². The van der Waals surface area contributed by atoms with Crippen LogP contribution >= 0.6 is 11.8 Å². The van der Waals surface area contributed by atoms with E-state index in [0.29, 0.717) is 0 Å². The number of nitrogens with one attached hydrogen (secondary N) is 1. The fourth-order valence-corrected chi connectivity index (χ4v) is 4.33. The van der Waals surface area contributed by atoms with E-state index in [2.05, 4.69) is 37.2 Å². The van der Waals surface area contributed by atoms with Crippen molar-refractivity contribution in [2.24, 2.45) is 11.8 Å². The molecule has 3 unspecified atom stereocenters. The second-order valence-electron chi connectivity index (χ2n) is 6.25. The van der Waals surface area contributed by atoms with E-state index in [4.69, 9.17) is 0 Å². The molecule has 0 bridgehead atoms. The Morgan fingerprint density at radius 3 is 2.29 bits per heavy atom. The largest absolute Gasteiger partial charge is 0.311 e. The summed E-state index contributed by atoms with van der Waals surface area (Å²) >= 11 is 2.07. The minimum Gasteiger partial charge on any atom is -0.311 e. The Kier molecular flexibility index (Phi) is 5.23. The van der Waals surface area contributed by atoms with Crippen LogP contribution in [0.1, 0.15) is 58.8 Å². The maximum absolute atomic E-state index is 3.97. The molecule has 2 saturated carbocycles.